The van der Waals surface area contributed by atoms with Gasteiger partial charge in [-0.1, -0.05) is 18.2 Å². The summed E-state index contributed by atoms with van der Waals surface area (Å²) in [5, 5.41) is 5.11. The smallest absolute Gasteiger partial charge is 0.279 e. The predicted octanol–water partition coefficient (Wildman–Crippen LogP) is 1.72. The Hall–Kier alpha value is -3.45. The number of carbonyl (C=O) groups is 1. The van der Waals surface area contributed by atoms with E-state index in [4.69, 9.17) is 4.42 Å². The van der Waals surface area contributed by atoms with Gasteiger partial charge < -0.3 is 19.5 Å². The van der Waals surface area contributed by atoms with E-state index in [-0.39, 0.29) is 5.91 Å². The van der Waals surface area contributed by atoms with E-state index in [0.29, 0.717) is 6.54 Å². The van der Waals surface area contributed by atoms with Crippen molar-refractivity contribution in [3.63, 3.8) is 0 Å². The van der Waals surface area contributed by atoms with E-state index >= 15 is 0 Å². The van der Waals surface area contributed by atoms with Crippen molar-refractivity contribution in [1.82, 2.24) is 9.97 Å². The highest BCUT2D eigenvalue weighted by Gasteiger charge is 2.23. The molecule has 5 rings (SSSR count). The van der Waals surface area contributed by atoms with E-state index in [9.17, 15) is 4.79 Å². The van der Waals surface area contributed by atoms with E-state index < -0.39 is 0 Å². The monoisotopic (exact) mass is 388 g/mol. The number of hydrogen-bond donors (Lipinski definition) is 2. The van der Waals surface area contributed by atoms with Crippen LogP contribution in [-0.4, -0.2) is 48.6 Å². The quantitative estimate of drug-likeness (QED) is 0.557. The van der Waals surface area contributed by atoms with Crippen molar-refractivity contribution < 1.29 is 14.1 Å². The molecule has 2 aromatic heterocycles. The first kappa shape index (κ1) is 17.6. The number of fused-ring (bicyclic) bond motifs is 3. The zero-order chi connectivity index (χ0) is 19.6. The maximum Gasteiger partial charge on any atom is 0.279 e. The molecule has 1 aliphatic rings. The Kier molecular flexibility index (Phi) is 4.57. The van der Waals surface area contributed by atoms with E-state index in [1.54, 1.807) is 12.4 Å². The maximum absolute atomic E-state index is 12.6. The fraction of sp³-hybridized carbons (Fsp3) is 0.227. The van der Waals surface area contributed by atoms with Gasteiger partial charge in [0.1, 0.15) is 11.2 Å². The van der Waals surface area contributed by atoms with Crippen molar-refractivity contribution in [2.45, 2.75) is 0 Å². The molecule has 4 aromatic rings. The Balaban J connectivity index is 1.22. The largest absolute Gasteiger partial charge is 0.456 e. The number of anilines is 2. The highest BCUT2D eigenvalue weighted by atomic mass is 16.3. The van der Waals surface area contributed by atoms with Crippen LogP contribution < -0.4 is 15.1 Å². The fourth-order valence-electron chi connectivity index (χ4n) is 3.89. The Morgan fingerprint density at radius 3 is 2.59 bits per heavy atom. The van der Waals surface area contributed by atoms with Gasteiger partial charge in [0.05, 0.1) is 26.2 Å². The molecule has 0 saturated carbocycles. The van der Waals surface area contributed by atoms with Crippen molar-refractivity contribution >= 4 is 39.5 Å². The van der Waals surface area contributed by atoms with Crippen LogP contribution in [0.25, 0.3) is 21.9 Å². The van der Waals surface area contributed by atoms with Crippen LogP contribution in [0.4, 0.5) is 11.6 Å². The zero-order valence-corrected chi connectivity index (χ0v) is 16.0. The zero-order valence-electron chi connectivity index (χ0n) is 16.0. The second kappa shape index (κ2) is 7.52. The standard InChI is InChI=1S/C22H21N5O2/c28-21(15-26-10-12-27(13-11-26)22-23-8-3-9-24-22)25-16-6-7-20-18(14-16)17-4-1-2-5-19(17)29-20/h1-9,14H,10-13,15H2,(H,25,28)/p+1. The molecule has 2 aromatic carbocycles. The summed E-state index contributed by atoms with van der Waals surface area (Å²) in [6, 6.07) is 15.5. The highest BCUT2D eigenvalue weighted by molar-refractivity contribution is 6.06. The lowest BCUT2D eigenvalue weighted by molar-refractivity contribution is -0.892. The van der Waals surface area contributed by atoms with Crippen LogP contribution in [0.3, 0.4) is 0 Å². The number of amides is 1. The van der Waals surface area contributed by atoms with Crippen LogP contribution in [0, 0.1) is 0 Å². The Bertz CT molecular complexity index is 1150. The summed E-state index contributed by atoms with van der Waals surface area (Å²) in [6.07, 6.45) is 3.52. The number of piperazine rings is 1. The molecule has 7 nitrogen and oxygen atoms in total. The minimum Gasteiger partial charge on any atom is -0.456 e. The number of carbonyl (C=O) groups excluding carboxylic acids is 1. The second-order valence-electron chi connectivity index (χ2n) is 7.32. The molecule has 1 aliphatic heterocycles. The molecule has 3 heterocycles. The van der Waals surface area contributed by atoms with Crippen molar-refractivity contribution in [3.8, 4) is 0 Å². The number of benzene rings is 2. The number of para-hydroxylation sites is 1. The van der Waals surface area contributed by atoms with Crippen LogP contribution >= 0.6 is 0 Å². The molecule has 2 N–H and O–H groups in total. The first-order chi connectivity index (χ1) is 14.3. The third kappa shape index (κ3) is 3.64. The van der Waals surface area contributed by atoms with Gasteiger partial charge in [-0.15, -0.1) is 0 Å². The minimum absolute atomic E-state index is 0.0246. The molecule has 146 valence electrons. The Labute approximate surface area is 168 Å². The first-order valence-corrected chi connectivity index (χ1v) is 9.83. The number of nitrogens with one attached hydrogen (secondary N) is 2. The number of aromatic nitrogens is 2. The second-order valence-corrected chi connectivity index (χ2v) is 7.32. The van der Waals surface area contributed by atoms with Gasteiger partial charge in [-0.25, -0.2) is 9.97 Å². The molecular formula is C22H22N5O2+. The van der Waals surface area contributed by atoms with Crippen molar-refractivity contribution in [1.29, 1.82) is 0 Å². The van der Waals surface area contributed by atoms with Crippen LogP contribution in [0.15, 0.2) is 65.3 Å². The SMILES string of the molecule is O=C(C[NH+]1CCN(c2ncccn2)CC1)Nc1ccc2oc3ccccc3c2c1. The minimum atomic E-state index is 0.0246. The number of hydrogen-bond acceptors (Lipinski definition) is 5. The van der Waals surface area contributed by atoms with Gasteiger partial charge in [-0.2, -0.15) is 0 Å². The van der Waals surface area contributed by atoms with E-state index in [0.717, 1.165) is 59.8 Å². The first-order valence-electron chi connectivity index (χ1n) is 9.83. The van der Waals surface area contributed by atoms with Crippen LogP contribution in [0.2, 0.25) is 0 Å². The summed E-state index contributed by atoms with van der Waals surface area (Å²) in [6.45, 7) is 3.92. The van der Waals surface area contributed by atoms with Gasteiger partial charge in [0.25, 0.3) is 5.91 Å². The fourth-order valence-corrected chi connectivity index (χ4v) is 3.89. The summed E-state index contributed by atoms with van der Waals surface area (Å²) in [5.74, 6) is 0.785. The molecular weight excluding hydrogens is 366 g/mol. The van der Waals surface area contributed by atoms with Crippen LogP contribution in [0.5, 0.6) is 0 Å². The summed E-state index contributed by atoms with van der Waals surface area (Å²) >= 11 is 0. The Morgan fingerprint density at radius 1 is 1.00 bits per heavy atom. The molecule has 29 heavy (non-hydrogen) atoms. The molecule has 0 aliphatic carbocycles. The lowest BCUT2D eigenvalue weighted by atomic mass is 10.1. The number of nitrogens with zero attached hydrogens (tertiary/aromatic N) is 3. The summed E-state index contributed by atoms with van der Waals surface area (Å²) < 4.78 is 5.85. The average molecular weight is 388 g/mol. The third-order valence-corrected chi connectivity index (χ3v) is 5.38. The molecule has 1 fully saturated rings. The van der Waals surface area contributed by atoms with Gasteiger partial charge in [-0.05, 0) is 30.3 Å². The summed E-state index contributed by atoms with van der Waals surface area (Å²) in [7, 11) is 0. The normalized spacial score (nSPS) is 15.1. The van der Waals surface area contributed by atoms with E-state index in [1.165, 1.54) is 4.90 Å². The van der Waals surface area contributed by atoms with Gasteiger partial charge >= 0.3 is 0 Å². The van der Waals surface area contributed by atoms with E-state index in [1.807, 2.05) is 48.5 Å². The molecule has 0 spiro atoms. The molecule has 0 atom stereocenters. The molecule has 7 heteroatoms. The molecule has 0 radical (unpaired) electrons. The molecule has 0 bridgehead atoms. The lowest BCUT2D eigenvalue weighted by Gasteiger charge is -2.31. The Morgan fingerprint density at radius 2 is 1.76 bits per heavy atom. The van der Waals surface area contributed by atoms with Gasteiger partial charge in [0, 0.05) is 28.9 Å². The summed E-state index contributed by atoms with van der Waals surface area (Å²) in [4.78, 5) is 24.6. The molecule has 0 unspecified atom stereocenters. The average Bonchev–Trinajstić information content (AvgIpc) is 3.13. The molecule has 1 saturated heterocycles. The van der Waals surface area contributed by atoms with E-state index in [2.05, 4.69) is 20.2 Å². The summed E-state index contributed by atoms with van der Waals surface area (Å²) in [5.41, 5.74) is 2.48. The van der Waals surface area contributed by atoms with Crippen LogP contribution in [0.1, 0.15) is 0 Å². The predicted molar refractivity (Wildman–Crippen MR) is 112 cm³/mol. The topological polar surface area (TPSA) is 75.7 Å². The highest BCUT2D eigenvalue weighted by Crippen LogP contribution is 2.30. The third-order valence-electron chi connectivity index (χ3n) is 5.38. The molecule has 1 amide bonds. The number of rotatable bonds is 4. The van der Waals surface area contributed by atoms with Gasteiger partial charge in [-0.3, -0.25) is 4.79 Å². The maximum atomic E-state index is 12.6. The number of quaternary nitrogens is 1. The van der Waals surface area contributed by atoms with Gasteiger partial charge in [0.15, 0.2) is 6.54 Å². The van der Waals surface area contributed by atoms with Gasteiger partial charge in [0.2, 0.25) is 5.95 Å². The number of furan rings is 1. The van der Waals surface area contributed by atoms with Crippen LogP contribution in [-0.2, 0) is 4.79 Å². The van der Waals surface area contributed by atoms with Crippen molar-refractivity contribution in [3.05, 3.63) is 60.9 Å². The van der Waals surface area contributed by atoms with Crippen molar-refractivity contribution in [2.24, 2.45) is 0 Å². The van der Waals surface area contributed by atoms with Crippen molar-refractivity contribution in [2.75, 3.05) is 42.9 Å². The lowest BCUT2D eigenvalue weighted by Crippen LogP contribution is -3.15.